The number of halogens is 1. The van der Waals surface area contributed by atoms with Crippen LogP contribution in [0.5, 0.6) is 0 Å². The first-order chi connectivity index (χ1) is 18.1. The van der Waals surface area contributed by atoms with Crippen molar-refractivity contribution < 1.29 is 13.9 Å². The van der Waals surface area contributed by atoms with E-state index in [-0.39, 0.29) is 29.9 Å². The van der Waals surface area contributed by atoms with E-state index in [1.807, 2.05) is 36.8 Å². The number of aromatic nitrogens is 3. The number of nitrogens with zero attached hydrogens (tertiary/aromatic N) is 3. The smallest absolute Gasteiger partial charge is 0.323 e. The number of carbonyl (C=O) groups excluding carboxylic acids is 1. The zero-order valence-corrected chi connectivity index (χ0v) is 20.9. The number of fused-ring (bicyclic) bond motifs is 5. The second kappa shape index (κ2) is 10.1. The summed E-state index contributed by atoms with van der Waals surface area (Å²) in [6.45, 7) is 1.74. The van der Waals surface area contributed by atoms with Crippen molar-refractivity contribution >= 4 is 16.9 Å². The van der Waals surface area contributed by atoms with Crippen molar-refractivity contribution in [2.45, 2.75) is 56.4 Å². The minimum Gasteiger partial charge on any atom is -0.468 e. The number of aryl methyl sites for hydroxylation is 1. The number of hydrogen-bond acceptors (Lipinski definition) is 5. The van der Waals surface area contributed by atoms with Crippen LogP contribution in [0.3, 0.4) is 0 Å². The van der Waals surface area contributed by atoms with E-state index >= 15 is 4.39 Å². The van der Waals surface area contributed by atoms with Gasteiger partial charge >= 0.3 is 5.97 Å². The first kappa shape index (κ1) is 23.9. The van der Waals surface area contributed by atoms with E-state index in [0.717, 1.165) is 42.5 Å². The van der Waals surface area contributed by atoms with Gasteiger partial charge in [-0.1, -0.05) is 36.4 Å². The molecule has 2 aromatic carbocycles. The second-order valence-corrected chi connectivity index (χ2v) is 10.1. The molecule has 37 heavy (non-hydrogen) atoms. The molecular weight excluding hydrogens is 469 g/mol. The van der Waals surface area contributed by atoms with Gasteiger partial charge in [0.1, 0.15) is 11.9 Å². The number of piperidine rings is 1. The number of aromatic amines is 1. The molecule has 192 valence electrons. The average Bonchev–Trinajstić information content (AvgIpc) is 3.58. The van der Waals surface area contributed by atoms with Crippen LogP contribution in [0.4, 0.5) is 4.39 Å². The molecule has 2 aliphatic heterocycles. The Labute approximate surface area is 215 Å². The van der Waals surface area contributed by atoms with Gasteiger partial charge in [0.15, 0.2) is 0 Å². The Morgan fingerprint density at radius 2 is 1.97 bits per heavy atom. The lowest BCUT2D eigenvalue weighted by Gasteiger charge is -2.50. The van der Waals surface area contributed by atoms with Crippen LogP contribution >= 0.6 is 0 Å². The molecule has 7 nitrogen and oxygen atoms in total. The van der Waals surface area contributed by atoms with E-state index < -0.39 is 6.04 Å². The normalized spacial score (nSPS) is 23.5. The summed E-state index contributed by atoms with van der Waals surface area (Å²) in [5.74, 6) is -0.507. The summed E-state index contributed by atoms with van der Waals surface area (Å²) >= 11 is 0. The molecule has 2 aliphatic rings. The molecule has 0 unspecified atom stereocenters. The number of hydrogen-bond donors (Lipinski definition) is 2. The van der Waals surface area contributed by atoms with Crippen LogP contribution < -0.4 is 5.32 Å². The van der Waals surface area contributed by atoms with Crippen molar-refractivity contribution in [3.8, 4) is 0 Å². The standard InChI is InChI=1S/C29H32FN5O2/c1-37-29(36)27-17-22-20-7-3-5-10-24(20)33-28(22)26-16-19(32-11-6-13-34-14-12-31-18-34)15-25(35(26)27)21-8-2-4-9-23(21)30/h2-5,7-10,12,14,18-19,25-27,32-33H,6,11,13,15-17H2,1H3/t19-,25+,26-,27+/m1/s1. The molecule has 0 spiro atoms. The van der Waals surface area contributed by atoms with Crippen LogP contribution in [0, 0.1) is 5.82 Å². The number of esters is 1. The van der Waals surface area contributed by atoms with E-state index in [9.17, 15) is 4.79 Å². The highest BCUT2D eigenvalue weighted by atomic mass is 19.1. The number of methoxy groups -OCH3 is 1. The van der Waals surface area contributed by atoms with Crippen LogP contribution in [0.25, 0.3) is 10.9 Å². The zero-order chi connectivity index (χ0) is 25.4. The molecule has 4 aromatic rings. The van der Waals surface area contributed by atoms with E-state index in [1.54, 1.807) is 12.3 Å². The molecule has 6 rings (SSSR count). The van der Waals surface area contributed by atoms with Gasteiger partial charge in [0.05, 0.1) is 19.5 Å². The lowest BCUT2D eigenvalue weighted by Crippen LogP contribution is -2.55. The Bertz CT molecular complexity index is 1380. The third-order valence-electron chi connectivity index (χ3n) is 8.00. The van der Waals surface area contributed by atoms with Gasteiger partial charge in [0.2, 0.25) is 0 Å². The third-order valence-corrected chi connectivity index (χ3v) is 8.00. The maximum absolute atomic E-state index is 15.2. The van der Waals surface area contributed by atoms with Crippen molar-refractivity contribution in [3.63, 3.8) is 0 Å². The molecule has 0 amide bonds. The Kier molecular flexibility index (Phi) is 6.52. The van der Waals surface area contributed by atoms with Gasteiger partial charge < -0.3 is 19.6 Å². The van der Waals surface area contributed by atoms with Crippen molar-refractivity contribution in [3.05, 3.63) is 89.9 Å². The van der Waals surface area contributed by atoms with Crippen LogP contribution in [0.15, 0.2) is 67.3 Å². The van der Waals surface area contributed by atoms with Crippen LogP contribution in [-0.2, 0) is 22.5 Å². The van der Waals surface area contributed by atoms with Gasteiger partial charge in [-0.15, -0.1) is 0 Å². The Morgan fingerprint density at radius 3 is 2.78 bits per heavy atom. The van der Waals surface area contributed by atoms with Crippen molar-refractivity contribution in [1.29, 1.82) is 0 Å². The van der Waals surface area contributed by atoms with Gasteiger partial charge in [-0.05, 0) is 43.5 Å². The Morgan fingerprint density at radius 1 is 1.16 bits per heavy atom. The third kappa shape index (κ3) is 4.45. The number of imidazole rings is 1. The van der Waals surface area contributed by atoms with Crippen LogP contribution in [0.1, 0.15) is 48.2 Å². The summed E-state index contributed by atoms with van der Waals surface area (Å²) in [5, 5.41) is 4.89. The fraction of sp³-hybridized carbons (Fsp3) is 0.379. The van der Waals surface area contributed by atoms with Gasteiger partial charge in [0, 0.05) is 59.6 Å². The number of H-pyrrole nitrogens is 1. The highest BCUT2D eigenvalue weighted by molar-refractivity contribution is 5.87. The van der Waals surface area contributed by atoms with E-state index in [2.05, 4.69) is 36.9 Å². The highest BCUT2D eigenvalue weighted by Gasteiger charge is 2.48. The number of carbonyl (C=O) groups is 1. The fourth-order valence-corrected chi connectivity index (χ4v) is 6.35. The van der Waals surface area contributed by atoms with E-state index in [0.29, 0.717) is 18.4 Å². The van der Waals surface area contributed by atoms with E-state index in [1.165, 1.54) is 18.7 Å². The van der Waals surface area contributed by atoms with Gasteiger partial charge in [0.25, 0.3) is 0 Å². The zero-order valence-electron chi connectivity index (χ0n) is 20.9. The molecule has 1 fully saturated rings. The number of rotatable bonds is 7. The lowest BCUT2D eigenvalue weighted by atomic mass is 9.79. The molecule has 0 aliphatic carbocycles. The number of ether oxygens (including phenoxy) is 1. The number of nitrogens with one attached hydrogen (secondary N) is 2. The van der Waals surface area contributed by atoms with Gasteiger partial charge in [-0.3, -0.25) is 9.69 Å². The fourth-order valence-electron chi connectivity index (χ4n) is 6.35. The molecule has 2 N–H and O–H groups in total. The first-order valence-electron chi connectivity index (χ1n) is 13.0. The van der Waals surface area contributed by atoms with Gasteiger partial charge in [-0.25, -0.2) is 9.37 Å². The summed E-state index contributed by atoms with van der Waals surface area (Å²) in [6, 6.07) is 14.6. The predicted molar refractivity (Wildman–Crippen MR) is 139 cm³/mol. The van der Waals surface area contributed by atoms with Gasteiger partial charge in [-0.2, -0.15) is 0 Å². The Hall–Kier alpha value is -3.49. The Balaban J connectivity index is 1.36. The summed E-state index contributed by atoms with van der Waals surface area (Å²) in [6.07, 6.45) is 8.64. The molecule has 2 aromatic heterocycles. The minimum atomic E-state index is -0.478. The molecular formula is C29H32FN5O2. The summed E-state index contributed by atoms with van der Waals surface area (Å²) < 4.78 is 22.6. The molecule has 0 bridgehead atoms. The maximum Gasteiger partial charge on any atom is 0.323 e. The molecule has 0 saturated carbocycles. The average molecular weight is 502 g/mol. The van der Waals surface area contributed by atoms with E-state index in [4.69, 9.17) is 4.74 Å². The molecule has 0 radical (unpaired) electrons. The lowest BCUT2D eigenvalue weighted by molar-refractivity contribution is -0.152. The van der Waals surface area contributed by atoms with Crippen molar-refractivity contribution in [2.75, 3.05) is 13.7 Å². The first-order valence-corrected chi connectivity index (χ1v) is 13.0. The quantitative estimate of drug-likeness (QED) is 0.288. The molecule has 1 saturated heterocycles. The summed E-state index contributed by atoms with van der Waals surface area (Å²) in [5.41, 5.74) is 4.00. The molecule has 4 atom stereocenters. The largest absolute Gasteiger partial charge is 0.468 e. The number of benzene rings is 2. The van der Waals surface area contributed by atoms with Crippen molar-refractivity contribution in [1.82, 2.24) is 24.8 Å². The topological polar surface area (TPSA) is 75.2 Å². The molecule has 8 heteroatoms. The predicted octanol–water partition coefficient (Wildman–Crippen LogP) is 4.53. The highest BCUT2D eigenvalue weighted by Crippen LogP contribution is 2.49. The minimum absolute atomic E-state index is 0.0650. The summed E-state index contributed by atoms with van der Waals surface area (Å²) in [7, 11) is 1.44. The SMILES string of the molecule is COC(=O)[C@@H]1Cc2c([nH]c3ccccc23)[C@H]2C[C@H](NCCCn3ccnc3)C[C@@H](c3ccccc3F)N21. The maximum atomic E-state index is 15.2. The summed E-state index contributed by atoms with van der Waals surface area (Å²) in [4.78, 5) is 23.2. The van der Waals surface area contributed by atoms with Crippen LogP contribution in [0.2, 0.25) is 0 Å². The van der Waals surface area contributed by atoms with Crippen molar-refractivity contribution in [2.24, 2.45) is 0 Å². The molecule has 4 heterocycles. The number of para-hydroxylation sites is 1. The monoisotopic (exact) mass is 501 g/mol. The second-order valence-electron chi connectivity index (χ2n) is 10.1. The van der Waals surface area contributed by atoms with Crippen LogP contribution in [-0.4, -0.2) is 51.1 Å².